The average molecular weight is 336 g/mol. The smallest absolute Gasteiger partial charge is 0.229 e. The molecule has 1 atom stereocenters. The topological polar surface area (TPSA) is 49.4 Å². The predicted molar refractivity (Wildman–Crippen MR) is 101 cm³/mol. The van der Waals surface area contributed by atoms with Crippen molar-refractivity contribution in [3.05, 3.63) is 58.7 Å². The molecule has 2 amide bonds. The molecule has 2 aromatic carbocycles. The first-order valence-electron chi connectivity index (χ1n) is 8.61. The SMILES string of the molecule is Cc1ccc(N2C[C@H](C(=O)Nc3cccc(C)c3C)CC2=O)cc1C. The molecule has 2 aromatic rings. The standard InChI is InChI=1S/C21H24N2O2/c1-13-8-9-18(10-15(13)3)23-12-17(11-20(23)24)21(25)22-19-7-5-6-14(2)16(19)4/h5-10,17H,11-12H2,1-4H3,(H,22,25)/t17-/m1/s1. The van der Waals surface area contributed by atoms with E-state index in [0.29, 0.717) is 6.54 Å². The minimum Gasteiger partial charge on any atom is -0.326 e. The second-order valence-corrected chi connectivity index (χ2v) is 6.91. The van der Waals surface area contributed by atoms with Crippen molar-refractivity contribution in [1.82, 2.24) is 0 Å². The maximum Gasteiger partial charge on any atom is 0.229 e. The molecule has 1 N–H and O–H groups in total. The summed E-state index contributed by atoms with van der Waals surface area (Å²) in [6.45, 7) is 8.52. The lowest BCUT2D eigenvalue weighted by Crippen LogP contribution is -2.28. The predicted octanol–water partition coefficient (Wildman–Crippen LogP) is 3.91. The summed E-state index contributed by atoms with van der Waals surface area (Å²) >= 11 is 0. The molecule has 0 saturated carbocycles. The lowest BCUT2D eigenvalue weighted by molar-refractivity contribution is -0.122. The van der Waals surface area contributed by atoms with Gasteiger partial charge in [-0.1, -0.05) is 18.2 Å². The van der Waals surface area contributed by atoms with Crippen LogP contribution in [-0.2, 0) is 9.59 Å². The third-order valence-electron chi connectivity index (χ3n) is 5.16. The van der Waals surface area contributed by atoms with Crippen molar-refractivity contribution < 1.29 is 9.59 Å². The fraction of sp³-hybridized carbons (Fsp3) is 0.333. The van der Waals surface area contributed by atoms with Crippen molar-refractivity contribution in [1.29, 1.82) is 0 Å². The molecule has 0 radical (unpaired) electrons. The number of amides is 2. The van der Waals surface area contributed by atoms with Gasteiger partial charge in [0.25, 0.3) is 0 Å². The van der Waals surface area contributed by atoms with Gasteiger partial charge in [0.2, 0.25) is 11.8 Å². The van der Waals surface area contributed by atoms with Crippen LogP contribution >= 0.6 is 0 Å². The van der Waals surface area contributed by atoms with Crippen molar-refractivity contribution >= 4 is 23.2 Å². The Morgan fingerprint density at radius 2 is 1.80 bits per heavy atom. The highest BCUT2D eigenvalue weighted by atomic mass is 16.2. The molecule has 25 heavy (non-hydrogen) atoms. The summed E-state index contributed by atoms with van der Waals surface area (Å²) in [6, 6.07) is 11.8. The summed E-state index contributed by atoms with van der Waals surface area (Å²) in [5, 5.41) is 2.99. The number of hydrogen-bond donors (Lipinski definition) is 1. The molecule has 1 heterocycles. The summed E-state index contributed by atoms with van der Waals surface area (Å²) in [5.74, 6) is -0.410. The maximum absolute atomic E-state index is 12.6. The Kier molecular flexibility index (Phi) is 4.62. The third kappa shape index (κ3) is 3.43. The van der Waals surface area contributed by atoms with Crippen LogP contribution in [0.5, 0.6) is 0 Å². The van der Waals surface area contributed by atoms with Gasteiger partial charge in [-0.2, -0.15) is 0 Å². The van der Waals surface area contributed by atoms with Gasteiger partial charge in [0.15, 0.2) is 0 Å². The van der Waals surface area contributed by atoms with Gasteiger partial charge < -0.3 is 10.2 Å². The Morgan fingerprint density at radius 3 is 2.52 bits per heavy atom. The van der Waals surface area contributed by atoms with Crippen molar-refractivity contribution in [2.24, 2.45) is 5.92 Å². The lowest BCUT2D eigenvalue weighted by atomic mass is 10.1. The molecule has 1 fully saturated rings. The van der Waals surface area contributed by atoms with Gasteiger partial charge in [-0.25, -0.2) is 0 Å². The van der Waals surface area contributed by atoms with Gasteiger partial charge in [0.1, 0.15) is 0 Å². The zero-order valence-corrected chi connectivity index (χ0v) is 15.2. The Hall–Kier alpha value is -2.62. The van der Waals surface area contributed by atoms with E-state index in [1.54, 1.807) is 4.90 Å². The minimum absolute atomic E-state index is 0.00404. The van der Waals surface area contributed by atoms with E-state index >= 15 is 0 Å². The summed E-state index contributed by atoms with van der Waals surface area (Å²) in [5.41, 5.74) is 6.23. The number of aryl methyl sites for hydroxylation is 3. The van der Waals surface area contributed by atoms with E-state index in [0.717, 1.165) is 28.1 Å². The average Bonchev–Trinajstić information content (AvgIpc) is 2.96. The molecule has 0 unspecified atom stereocenters. The zero-order chi connectivity index (χ0) is 18.1. The molecule has 0 spiro atoms. The van der Waals surface area contributed by atoms with Crippen LogP contribution in [-0.4, -0.2) is 18.4 Å². The Labute approximate surface area is 148 Å². The molecule has 3 rings (SSSR count). The van der Waals surface area contributed by atoms with Crippen LogP contribution in [0.1, 0.15) is 28.7 Å². The first-order valence-corrected chi connectivity index (χ1v) is 8.61. The van der Waals surface area contributed by atoms with Crippen LogP contribution in [0.25, 0.3) is 0 Å². The van der Waals surface area contributed by atoms with Crippen molar-refractivity contribution in [3.8, 4) is 0 Å². The summed E-state index contributed by atoms with van der Waals surface area (Å²) in [7, 11) is 0. The van der Waals surface area contributed by atoms with Gasteiger partial charge >= 0.3 is 0 Å². The van der Waals surface area contributed by atoms with Gasteiger partial charge in [0.05, 0.1) is 5.92 Å². The monoisotopic (exact) mass is 336 g/mol. The van der Waals surface area contributed by atoms with Crippen LogP contribution < -0.4 is 10.2 Å². The highest BCUT2D eigenvalue weighted by Crippen LogP contribution is 2.28. The van der Waals surface area contributed by atoms with Gasteiger partial charge in [0, 0.05) is 24.3 Å². The van der Waals surface area contributed by atoms with E-state index in [-0.39, 0.29) is 24.2 Å². The number of nitrogens with one attached hydrogen (secondary N) is 1. The molecule has 1 saturated heterocycles. The van der Waals surface area contributed by atoms with E-state index in [9.17, 15) is 9.59 Å². The fourth-order valence-electron chi connectivity index (χ4n) is 3.15. The molecule has 130 valence electrons. The van der Waals surface area contributed by atoms with E-state index in [1.807, 2.05) is 64.1 Å². The summed E-state index contributed by atoms with van der Waals surface area (Å²) in [4.78, 5) is 26.8. The zero-order valence-electron chi connectivity index (χ0n) is 15.2. The van der Waals surface area contributed by atoms with E-state index < -0.39 is 0 Å². The second kappa shape index (κ2) is 6.71. The fourth-order valence-corrected chi connectivity index (χ4v) is 3.15. The van der Waals surface area contributed by atoms with Gasteiger partial charge in [-0.15, -0.1) is 0 Å². The molecule has 4 heteroatoms. The lowest BCUT2D eigenvalue weighted by Gasteiger charge is -2.18. The molecule has 1 aliphatic rings. The van der Waals surface area contributed by atoms with Crippen LogP contribution in [0.4, 0.5) is 11.4 Å². The number of nitrogens with zero attached hydrogens (tertiary/aromatic N) is 1. The molecular formula is C21H24N2O2. The highest BCUT2D eigenvalue weighted by molar-refractivity contribution is 6.03. The van der Waals surface area contributed by atoms with Crippen LogP contribution in [0, 0.1) is 33.6 Å². The summed E-state index contributed by atoms with van der Waals surface area (Å²) < 4.78 is 0. The van der Waals surface area contributed by atoms with Crippen LogP contribution in [0.3, 0.4) is 0 Å². The number of anilines is 2. The Bertz CT molecular complexity index is 842. The molecule has 4 nitrogen and oxygen atoms in total. The maximum atomic E-state index is 12.6. The minimum atomic E-state index is -0.325. The second-order valence-electron chi connectivity index (χ2n) is 6.91. The molecule has 0 aromatic heterocycles. The largest absolute Gasteiger partial charge is 0.326 e. The van der Waals surface area contributed by atoms with Gasteiger partial charge in [-0.05, 0) is 68.1 Å². The quantitative estimate of drug-likeness (QED) is 0.924. The Balaban J connectivity index is 1.74. The number of hydrogen-bond acceptors (Lipinski definition) is 2. The highest BCUT2D eigenvalue weighted by Gasteiger charge is 2.35. The molecule has 1 aliphatic heterocycles. The molecule has 0 aliphatic carbocycles. The first-order chi connectivity index (χ1) is 11.9. The molecular weight excluding hydrogens is 312 g/mol. The number of benzene rings is 2. The number of carbonyl (C=O) groups excluding carboxylic acids is 2. The van der Waals surface area contributed by atoms with E-state index in [1.165, 1.54) is 5.56 Å². The normalized spacial score (nSPS) is 17.0. The number of carbonyl (C=O) groups is 2. The Morgan fingerprint density at radius 1 is 1.04 bits per heavy atom. The third-order valence-corrected chi connectivity index (χ3v) is 5.16. The number of rotatable bonds is 3. The van der Waals surface area contributed by atoms with E-state index in [4.69, 9.17) is 0 Å². The van der Waals surface area contributed by atoms with Gasteiger partial charge in [-0.3, -0.25) is 9.59 Å². The van der Waals surface area contributed by atoms with Crippen LogP contribution in [0.2, 0.25) is 0 Å². The summed E-state index contributed by atoms with van der Waals surface area (Å²) in [6.07, 6.45) is 0.254. The van der Waals surface area contributed by atoms with Crippen LogP contribution in [0.15, 0.2) is 36.4 Å². The molecule has 0 bridgehead atoms. The van der Waals surface area contributed by atoms with Crippen molar-refractivity contribution in [2.45, 2.75) is 34.1 Å². The van der Waals surface area contributed by atoms with Crippen molar-refractivity contribution in [2.75, 3.05) is 16.8 Å². The van der Waals surface area contributed by atoms with Crippen molar-refractivity contribution in [3.63, 3.8) is 0 Å². The first kappa shape index (κ1) is 17.2. The van der Waals surface area contributed by atoms with E-state index in [2.05, 4.69) is 5.32 Å².